The fraction of sp³-hybridized carbons (Fsp3) is 0.400. The van der Waals surface area contributed by atoms with Crippen molar-refractivity contribution in [2.75, 3.05) is 0 Å². The maximum absolute atomic E-state index is 12.8. The highest BCUT2D eigenvalue weighted by molar-refractivity contribution is 5.49. The number of hydrogen-bond acceptors (Lipinski definition) is 2. The predicted molar refractivity (Wildman–Crippen MR) is 72.6 cm³/mol. The third kappa shape index (κ3) is 2.33. The van der Waals surface area contributed by atoms with Crippen LogP contribution in [-0.4, -0.2) is 11.2 Å². The smallest absolute Gasteiger partial charge is 0.326 e. The van der Waals surface area contributed by atoms with Crippen molar-refractivity contribution in [3.8, 4) is 0 Å². The molecule has 3 rings (SSSR count). The highest BCUT2D eigenvalue weighted by atomic mass is 19.4. The van der Waals surface area contributed by atoms with Gasteiger partial charge in [-0.3, -0.25) is 4.79 Å². The van der Waals surface area contributed by atoms with E-state index in [1.807, 2.05) is 13.0 Å². The van der Waals surface area contributed by atoms with Crippen molar-refractivity contribution in [1.29, 1.82) is 0 Å². The molecule has 0 amide bonds. The van der Waals surface area contributed by atoms with Gasteiger partial charge in [0.05, 0.1) is 5.54 Å². The molecule has 0 saturated carbocycles. The Morgan fingerprint density at radius 2 is 2.14 bits per heavy atom. The molecule has 0 spiro atoms. The summed E-state index contributed by atoms with van der Waals surface area (Å²) in [6, 6.07) is 2.86. The molecule has 0 unspecified atom stereocenters. The predicted octanol–water partition coefficient (Wildman–Crippen LogP) is 2.54. The van der Waals surface area contributed by atoms with Crippen molar-refractivity contribution in [3.05, 3.63) is 57.0 Å². The van der Waals surface area contributed by atoms with E-state index in [0.717, 1.165) is 5.57 Å². The van der Waals surface area contributed by atoms with Crippen LogP contribution < -0.4 is 11.3 Å². The van der Waals surface area contributed by atoms with E-state index in [2.05, 4.69) is 4.98 Å². The van der Waals surface area contributed by atoms with E-state index in [9.17, 15) is 18.0 Å². The minimum Gasteiger partial charge on any atom is -0.326 e. The molecular formula is C15H15F3N2O. The molecule has 0 aromatic carbocycles. The lowest BCUT2D eigenvalue weighted by Gasteiger charge is -2.45. The van der Waals surface area contributed by atoms with Gasteiger partial charge in [0.15, 0.2) is 0 Å². The fourth-order valence-electron chi connectivity index (χ4n) is 3.51. The zero-order valence-corrected chi connectivity index (χ0v) is 11.4. The highest BCUT2D eigenvalue weighted by Crippen LogP contribution is 2.48. The summed E-state index contributed by atoms with van der Waals surface area (Å²) in [4.78, 5) is 14.1. The third-order valence-electron chi connectivity index (χ3n) is 4.18. The van der Waals surface area contributed by atoms with Crippen LogP contribution in [-0.2, 0) is 12.0 Å². The maximum atomic E-state index is 12.8. The van der Waals surface area contributed by atoms with Crippen LogP contribution in [0.4, 0.5) is 13.2 Å². The van der Waals surface area contributed by atoms with Gasteiger partial charge in [0.25, 0.3) is 0 Å². The molecule has 0 saturated heterocycles. The number of halogens is 3. The van der Waals surface area contributed by atoms with Crippen molar-refractivity contribution in [3.63, 3.8) is 0 Å². The summed E-state index contributed by atoms with van der Waals surface area (Å²) in [5, 5.41) is 0. The highest BCUT2D eigenvalue weighted by Gasteiger charge is 2.46. The summed E-state index contributed by atoms with van der Waals surface area (Å²) in [5.41, 5.74) is 7.28. The van der Waals surface area contributed by atoms with Crippen LogP contribution >= 0.6 is 0 Å². The molecule has 0 fully saturated rings. The number of nitrogens with one attached hydrogen (secondary N) is 1. The number of fused-ring (bicyclic) bond motifs is 4. The Morgan fingerprint density at radius 3 is 2.81 bits per heavy atom. The summed E-state index contributed by atoms with van der Waals surface area (Å²) >= 11 is 0. The van der Waals surface area contributed by atoms with E-state index < -0.39 is 17.6 Å². The number of rotatable bonds is 0. The van der Waals surface area contributed by atoms with Gasteiger partial charge in [-0.25, -0.2) is 0 Å². The number of nitrogens with two attached hydrogens (primary N) is 1. The minimum absolute atomic E-state index is 0.181. The SMILES string of the molecule is CC1=C[C@H]2Cc3[nH]c(=O)ccc3[C@@](N)(C1)C2=CC(F)(F)F. The lowest BCUT2D eigenvalue weighted by atomic mass is 9.63. The lowest BCUT2D eigenvalue weighted by Crippen LogP contribution is -2.48. The van der Waals surface area contributed by atoms with Gasteiger partial charge in [-0.1, -0.05) is 11.6 Å². The molecule has 0 radical (unpaired) electrons. The summed E-state index contributed by atoms with van der Waals surface area (Å²) < 4.78 is 38.5. The Morgan fingerprint density at radius 1 is 1.43 bits per heavy atom. The van der Waals surface area contributed by atoms with Crippen LogP contribution in [0.3, 0.4) is 0 Å². The van der Waals surface area contributed by atoms with Gasteiger partial charge in [0.1, 0.15) is 0 Å². The second kappa shape index (κ2) is 4.34. The van der Waals surface area contributed by atoms with Gasteiger partial charge in [-0.05, 0) is 37.0 Å². The topological polar surface area (TPSA) is 58.9 Å². The van der Waals surface area contributed by atoms with E-state index >= 15 is 0 Å². The molecule has 21 heavy (non-hydrogen) atoms. The second-order valence-electron chi connectivity index (χ2n) is 5.83. The van der Waals surface area contributed by atoms with Crippen LogP contribution in [0.2, 0.25) is 0 Å². The van der Waals surface area contributed by atoms with E-state index in [-0.39, 0.29) is 11.1 Å². The first-order chi connectivity index (χ1) is 9.69. The molecule has 112 valence electrons. The molecule has 2 bridgehead atoms. The van der Waals surface area contributed by atoms with Gasteiger partial charge in [-0.15, -0.1) is 0 Å². The van der Waals surface area contributed by atoms with Crippen LogP contribution in [0.5, 0.6) is 0 Å². The number of alkyl halides is 3. The molecule has 6 heteroatoms. The van der Waals surface area contributed by atoms with Crippen molar-refractivity contribution in [1.82, 2.24) is 4.98 Å². The Labute approximate surface area is 119 Å². The van der Waals surface area contributed by atoms with Crippen LogP contribution in [0.15, 0.2) is 40.2 Å². The number of aromatic nitrogens is 1. The number of H-pyrrole nitrogens is 1. The summed E-state index contributed by atoms with van der Waals surface area (Å²) in [6.45, 7) is 1.87. The van der Waals surface area contributed by atoms with Gasteiger partial charge in [0, 0.05) is 23.8 Å². The second-order valence-corrected chi connectivity index (χ2v) is 5.83. The molecule has 1 heterocycles. The van der Waals surface area contributed by atoms with Crippen LogP contribution in [0, 0.1) is 5.92 Å². The van der Waals surface area contributed by atoms with Gasteiger partial charge < -0.3 is 10.7 Å². The molecule has 2 atom stereocenters. The van der Waals surface area contributed by atoms with E-state index in [0.29, 0.717) is 30.2 Å². The number of hydrogen-bond donors (Lipinski definition) is 2. The molecule has 3 N–H and O–H groups in total. The molecule has 3 nitrogen and oxygen atoms in total. The van der Waals surface area contributed by atoms with E-state index in [1.165, 1.54) is 6.07 Å². The zero-order valence-electron chi connectivity index (χ0n) is 11.4. The first kappa shape index (κ1) is 14.1. The summed E-state index contributed by atoms with van der Waals surface area (Å²) in [5.74, 6) is -0.420. The van der Waals surface area contributed by atoms with Gasteiger partial charge in [0.2, 0.25) is 5.56 Å². The van der Waals surface area contributed by atoms with Crippen LogP contribution in [0.1, 0.15) is 24.6 Å². The number of pyridine rings is 1. The van der Waals surface area contributed by atoms with Gasteiger partial charge >= 0.3 is 6.18 Å². The largest absolute Gasteiger partial charge is 0.409 e. The van der Waals surface area contributed by atoms with E-state index in [1.54, 1.807) is 6.07 Å². The Bertz CT molecular complexity index is 714. The molecule has 1 aromatic heterocycles. The van der Waals surface area contributed by atoms with E-state index in [4.69, 9.17) is 5.73 Å². The Kier molecular flexibility index (Phi) is 2.92. The molecule has 2 aliphatic rings. The zero-order chi connectivity index (χ0) is 15.4. The fourth-order valence-corrected chi connectivity index (χ4v) is 3.51. The van der Waals surface area contributed by atoms with Crippen molar-refractivity contribution >= 4 is 0 Å². The average Bonchev–Trinajstić information content (AvgIpc) is 2.30. The molecular weight excluding hydrogens is 281 g/mol. The van der Waals surface area contributed by atoms with Crippen molar-refractivity contribution in [2.24, 2.45) is 11.7 Å². The lowest BCUT2D eigenvalue weighted by molar-refractivity contribution is -0.0815. The Hall–Kier alpha value is -1.82. The quantitative estimate of drug-likeness (QED) is 0.723. The molecule has 0 aliphatic heterocycles. The first-order valence-corrected chi connectivity index (χ1v) is 6.68. The summed E-state index contributed by atoms with van der Waals surface area (Å²) in [6.07, 6.45) is -1.60. The third-order valence-corrected chi connectivity index (χ3v) is 4.18. The normalized spacial score (nSPS) is 30.0. The number of allylic oxidation sites excluding steroid dienone is 2. The summed E-state index contributed by atoms with van der Waals surface area (Å²) in [7, 11) is 0. The minimum atomic E-state index is -4.41. The molecule has 1 aromatic rings. The Balaban J connectivity index is 2.25. The average molecular weight is 296 g/mol. The van der Waals surface area contributed by atoms with Crippen molar-refractivity contribution in [2.45, 2.75) is 31.5 Å². The molecule has 2 aliphatic carbocycles. The maximum Gasteiger partial charge on any atom is 0.409 e. The standard InChI is InChI=1S/C15H15F3N2O/c1-8-4-9-5-12-10(2-3-13(21)20-12)14(19,6-8)11(9)7-15(16,17)18/h2-4,7,9H,5-6,19H2,1H3,(H,20,21)/t9-,14-/m0/s1. The van der Waals surface area contributed by atoms with Gasteiger partial charge in [-0.2, -0.15) is 13.2 Å². The van der Waals surface area contributed by atoms with Crippen molar-refractivity contribution < 1.29 is 13.2 Å². The number of aromatic amines is 1. The first-order valence-electron chi connectivity index (χ1n) is 6.68. The van der Waals surface area contributed by atoms with Crippen LogP contribution in [0.25, 0.3) is 0 Å². The monoisotopic (exact) mass is 296 g/mol.